The molecule has 148 valence electrons. The Labute approximate surface area is 178 Å². The predicted molar refractivity (Wildman–Crippen MR) is 122 cm³/mol. The smallest absolute Gasteiger partial charge is 0.191 e. The van der Waals surface area contributed by atoms with E-state index in [-0.39, 0.29) is 35.8 Å². The van der Waals surface area contributed by atoms with Crippen LogP contribution in [0.25, 0.3) is 0 Å². The topological polar surface area (TPSA) is 39.7 Å². The van der Waals surface area contributed by atoms with E-state index in [2.05, 4.69) is 28.7 Å². The highest BCUT2D eigenvalue weighted by Gasteiger charge is 2.24. The molecule has 0 aromatic heterocycles. The van der Waals surface area contributed by atoms with Gasteiger partial charge in [0.2, 0.25) is 0 Å². The summed E-state index contributed by atoms with van der Waals surface area (Å²) < 4.78 is 13.2. The minimum Gasteiger partial charge on any atom is -0.357 e. The lowest BCUT2D eigenvalue weighted by Crippen LogP contribution is -2.43. The molecule has 1 aliphatic carbocycles. The van der Waals surface area contributed by atoms with Crippen LogP contribution in [-0.4, -0.2) is 55.6 Å². The number of benzene rings is 1. The molecule has 1 saturated carbocycles. The molecule has 0 amide bonds. The molecule has 0 bridgehead atoms. The number of halogens is 2. The summed E-state index contributed by atoms with van der Waals surface area (Å²) in [6, 6.07) is 7.34. The van der Waals surface area contributed by atoms with Gasteiger partial charge in [-0.3, -0.25) is 4.99 Å². The van der Waals surface area contributed by atoms with Gasteiger partial charge in [0.15, 0.2) is 5.96 Å². The van der Waals surface area contributed by atoms with Crippen molar-refractivity contribution in [2.24, 2.45) is 4.99 Å². The average Bonchev–Trinajstić information content (AvgIpc) is 3.04. The largest absolute Gasteiger partial charge is 0.357 e. The Balaban J connectivity index is 0.00000338. The Morgan fingerprint density at radius 3 is 2.54 bits per heavy atom. The van der Waals surface area contributed by atoms with E-state index in [1.165, 1.54) is 31.4 Å². The zero-order valence-corrected chi connectivity index (χ0v) is 19.3. The maximum Gasteiger partial charge on any atom is 0.191 e. The van der Waals surface area contributed by atoms with Crippen LogP contribution >= 0.6 is 35.7 Å². The lowest BCUT2D eigenvalue weighted by molar-refractivity contribution is 0.306. The summed E-state index contributed by atoms with van der Waals surface area (Å²) in [5.41, 5.74) is 1.08. The third kappa shape index (κ3) is 7.23. The van der Waals surface area contributed by atoms with Crippen LogP contribution in [0.15, 0.2) is 29.3 Å². The molecule has 0 spiro atoms. The number of hydrogen-bond donors (Lipinski definition) is 2. The Bertz CT molecular complexity index is 553. The zero-order valence-electron chi connectivity index (χ0n) is 16.2. The van der Waals surface area contributed by atoms with Gasteiger partial charge in [-0.25, -0.2) is 4.39 Å². The normalized spacial score (nSPS) is 21.4. The Kier molecular flexibility index (Phi) is 10.9. The molecule has 1 aromatic rings. The van der Waals surface area contributed by atoms with E-state index in [1.807, 2.05) is 38.0 Å². The van der Waals surface area contributed by atoms with Gasteiger partial charge < -0.3 is 15.5 Å². The fourth-order valence-electron chi connectivity index (χ4n) is 3.23. The van der Waals surface area contributed by atoms with Crippen LogP contribution in [0.3, 0.4) is 0 Å². The van der Waals surface area contributed by atoms with E-state index >= 15 is 0 Å². The minimum absolute atomic E-state index is 0. The quantitative estimate of drug-likeness (QED) is 0.343. The molecule has 2 N–H and O–H groups in total. The summed E-state index contributed by atoms with van der Waals surface area (Å²) in [4.78, 5) is 6.93. The fraction of sp³-hybridized carbons (Fsp3) is 0.632. The van der Waals surface area contributed by atoms with E-state index < -0.39 is 0 Å². The highest BCUT2D eigenvalue weighted by Crippen LogP contribution is 2.28. The average molecular weight is 494 g/mol. The maximum absolute atomic E-state index is 13.2. The molecule has 0 heterocycles. The summed E-state index contributed by atoms with van der Waals surface area (Å²) in [5.74, 6) is 0.674. The molecule has 1 aromatic carbocycles. The second kappa shape index (κ2) is 12.0. The summed E-state index contributed by atoms with van der Waals surface area (Å²) >= 11 is 1.96. The molecule has 2 rings (SSSR count). The van der Waals surface area contributed by atoms with E-state index in [4.69, 9.17) is 4.99 Å². The second-order valence-electron chi connectivity index (χ2n) is 6.76. The molecule has 1 aliphatic rings. The fourth-order valence-corrected chi connectivity index (χ4v) is 4.02. The number of hydrogen-bond acceptors (Lipinski definition) is 3. The van der Waals surface area contributed by atoms with Crippen LogP contribution in [0.5, 0.6) is 0 Å². The van der Waals surface area contributed by atoms with E-state index in [1.54, 1.807) is 0 Å². The standard InChI is InChI=1S/C19H31FN4S.HI/c1-5-21-19(23-16-10-11-17(12-16)25-4)22-13-18(24(2)3)14-6-8-15(20)9-7-14;/h6-9,16-18H,5,10-13H2,1-4H3,(H2,21,22,23);1H. The van der Waals surface area contributed by atoms with Gasteiger partial charge in [0.05, 0.1) is 12.6 Å². The monoisotopic (exact) mass is 494 g/mol. The molecule has 3 atom stereocenters. The Morgan fingerprint density at radius 2 is 2.00 bits per heavy atom. The first-order chi connectivity index (χ1) is 12.0. The summed E-state index contributed by atoms with van der Waals surface area (Å²) in [7, 11) is 4.06. The number of rotatable bonds is 7. The van der Waals surface area contributed by atoms with Crippen LogP contribution in [0.4, 0.5) is 4.39 Å². The first kappa shape index (κ1) is 23.5. The number of aliphatic imine (C=N–C) groups is 1. The van der Waals surface area contributed by atoms with Crippen LogP contribution in [-0.2, 0) is 0 Å². The number of nitrogens with zero attached hydrogens (tertiary/aromatic N) is 2. The summed E-state index contributed by atoms with van der Waals surface area (Å²) in [5, 5.41) is 7.69. The van der Waals surface area contributed by atoms with Crippen LogP contribution < -0.4 is 10.6 Å². The summed E-state index contributed by atoms with van der Waals surface area (Å²) in [6.45, 7) is 3.56. The highest BCUT2D eigenvalue weighted by atomic mass is 127. The molecule has 7 heteroatoms. The Morgan fingerprint density at radius 1 is 1.31 bits per heavy atom. The van der Waals surface area contributed by atoms with Crippen molar-refractivity contribution in [3.05, 3.63) is 35.6 Å². The second-order valence-corrected chi connectivity index (χ2v) is 7.90. The van der Waals surface area contributed by atoms with Gasteiger partial charge in [0.25, 0.3) is 0 Å². The first-order valence-corrected chi connectivity index (χ1v) is 10.3. The molecule has 0 aliphatic heterocycles. The molecule has 26 heavy (non-hydrogen) atoms. The van der Waals surface area contributed by atoms with Crippen LogP contribution in [0.2, 0.25) is 0 Å². The third-order valence-corrected chi connectivity index (χ3v) is 5.80. The van der Waals surface area contributed by atoms with Crippen molar-refractivity contribution < 1.29 is 4.39 Å². The van der Waals surface area contributed by atoms with Crippen LogP contribution in [0, 0.1) is 5.82 Å². The lowest BCUT2D eigenvalue weighted by Gasteiger charge is -2.24. The van der Waals surface area contributed by atoms with Crippen molar-refractivity contribution in [2.75, 3.05) is 33.4 Å². The number of guanidine groups is 1. The van der Waals surface area contributed by atoms with Gasteiger partial charge in [-0.2, -0.15) is 11.8 Å². The van der Waals surface area contributed by atoms with Gasteiger partial charge in [0.1, 0.15) is 5.82 Å². The highest BCUT2D eigenvalue weighted by molar-refractivity contribution is 14.0. The van der Waals surface area contributed by atoms with E-state index in [9.17, 15) is 4.39 Å². The predicted octanol–water partition coefficient (Wildman–Crippen LogP) is 3.89. The van der Waals surface area contributed by atoms with Crippen molar-refractivity contribution in [3.8, 4) is 0 Å². The first-order valence-electron chi connectivity index (χ1n) is 9.03. The lowest BCUT2D eigenvalue weighted by atomic mass is 10.1. The van der Waals surface area contributed by atoms with Crippen molar-refractivity contribution in [2.45, 2.75) is 43.5 Å². The number of likely N-dealkylation sites (N-methyl/N-ethyl adjacent to an activating group) is 1. The third-order valence-electron chi connectivity index (χ3n) is 4.70. The molecule has 0 saturated heterocycles. The van der Waals surface area contributed by atoms with E-state index in [0.717, 1.165) is 23.3 Å². The van der Waals surface area contributed by atoms with Crippen LogP contribution in [0.1, 0.15) is 37.8 Å². The van der Waals surface area contributed by atoms with Gasteiger partial charge in [-0.15, -0.1) is 24.0 Å². The Hall–Kier alpha value is -0.540. The van der Waals surface area contributed by atoms with Crippen molar-refractivity contribution in [1.29, 1.82) is 0 Å². The number of nitrogens with one attached hydrogen (secondary N) is 2. The molecular formula is C19H32FIN4S. The SMILES string of the molecule is CCNC(=NCC(c1ccc(F)cc1)N(C)C)NC1CCC(SC)C1.I. The zero-order chi connectivity index (χ0) is 18.2. The maximum atomic E-state index is 13.2. The van der Waals surface area contributed by atoms with Crippen molar-refractivity contribution in [3.63, 3.8) is 0 Å². The van der Waals surface area contributed by atoms with Gasteiger partial charge in [-0.05, 0) is 64.2 Å². The van der Waals surface area contributed by atoms with Crippen molar-refractivity contribution in [1.82, 2.24) is 15.5 Å². The molecule has 0 radical (unpaired) electrons. The molecule has 1 fully saturated rings. The van der Waals surface area contributed by atoms with Gasteiger partial charge in [-0.1, -0.05) is 12.1 Å². The molecular weight excluding hydrogens is 462 g/mol. The van der Waals surface area contributed by atoms with Crippen molar-refractivity contribution >= 4 is 41.7 Å². The number of thioether (sulfide) groups is 1. The van der Waals surface area contributed by atoms with Gasteiger partial charge in [0, 0.05) is 17.8 Å². The molecule has 3 unspecified atom stereocenters. The van der Waals surface area contributed by atoms with Gasteiger partial charge >= 0.3 is 0 Å². The molecule has 4 nitrogen and oxygen atoms in total. The summed E-state index contributed by atoms with van der Waals surface area (Å²) in [6.07, 6.45) is 5.86. The minimum atomic E-state index is -0.204. The van der Waals surface area contributed by atoms with E-state index in [0.29, 0.717) is 12.6 Å².